The first-order valence-corrected chi connectivity index (χ1v) is 6.03. The van der Waals surface area contributed by atoms with Crippen molar-refractivity contribution < 1.29 is 19.0 Å². The number of esters is 1. The zero-order chi connectivity index (χ0) is 13.1. The first-order valence-electron chi connectivity index (χ1n) is 6.03. The second-order valence-corrected chi connectivity index (χ2v) is 4.09. The summed E-state index contributed by atoms with van der Waals surface area (Å²) in [5.74, 6) is -0.327. The quantitative estimate of drug-likeness (QED) is 0.460. The number of methoxy groups -OCH3 is 1. The van der Waals surface area contributed by atoms with Crippen molar-refractivity contribution in [3.8, 4) is 0 Å². The predicted molar refractivity (Wildman–Crippen MR) is 66.0 cm³/mol. The van der Waals surface area contributed by atoms with Crippen LogP contribution in [-0.2, 0) is 19.0 Å². The second kappa shape index (κ2) is 9.39. The first-order chi connectivity index (χ1) is 8.10. The molecular weight excluding hydrogens is 222 g/mol. The average Bonchev–Trinajstić information content (AvgIpc) is 2.36. The lowest BCUT2D eigenvalue weighted by Gasteiger charge is -2.25. The molecule has 102 valence electrons. The van der Waals surface area contributed by atoms with Crippen LogP contribution in [0.2, 0.25) is 0 Å². The maximum Gasteiger partial charge on any atom is 0.328 e. The Morgan fingerprint density at radius 3 is 2.41 bits per heavy atom. The van der Waals surface area contributed by atoms with Crippen molar-refractivity contribution in [2.24, 2.45) is 0 Å². The van der Waals surface area contributed by atoms with Gasteiger partial charge in [0.05, 0.1) is 26.9 Å². The molecule has 0 aromatic carbocycles. The van der Waals surface area contributed by atoms with Crippen LogP contribution in [0.5, 0.6) is 0 Å². The molecule has 0 aliphatic carbocycles. The number of rotatable bonds is 10. The third-order valence-electron chi connectivity index (χ3n) is 2.59. The van der Waals surface area contributed by atoms with Gasteiger partial charge in [0.15, 0.2) is 0 Å². The van der Waals surface area contributed by atoms with E-state index in [4.69, 9.17) is 14.2 Å². The third-order valence-corrected chi connectivity index (χ3v) is 2.59. The molecule has 1 N–H and O–H groups in total. The predicted octanol–water partition coefficient (Wildman–Crippen LogP) is 0.971. The van der Waals surface area contributed by atoms with Gasteiger partial charge >= 0.3 is 5.97 Å². The molecule has 1 atom stereocenters. The number of ether oxygens (including phenoxy) is 3. The molecule has 1 unspecified atom stereocenters. The third kappa shape index (κ3) is 6.61. The summed E-state index contributed by atoms with van der Waals surface area (Å²) in [6, 6.07) is 0. The average molecular weight is 247 g/mol. The molecule has 0 saturated carbocycles. The topological polar surface area (TPSA) is 56.8 Å². The lowest BCUT2D eigenvalue weighted by atomic mass is 10.1. The molecular formula is C12H25NO4. The molecule has 0 saturated heterocycles. The fourth-order valence-corrected chi connectivity index (χ4v) is 1.20. The van der Waals surface area contributed by atoms with Crippen molar-refractivity contribution in [1.82, 2.24) is 5.32 Å². The molecule has 0 amide bonds. The van der Waals surface area contributed by atoms with E-state index in [1.807, 2.05) is 0 Å². The lowest BCUT2D eigenvalue weighted by molar-refractivity contribution is -0.150. The molecule has 0 aromatic rings. The highest BCUT2D eigenvalue weighted by Gasteiger charge is 2.32. The number of hydrogen-bond donors (Lipinski definition) is 1. The standard InChI is InChI=1S/C12H25NO4/c1-5-6-7-16-8-9-17-10-12(2,13-3)11(14)15-4/h13H,5-10H2,1-4H3. The van der Waals surface area contributed by atoms with Crippen LogP contribution < -0.4 is 5.32 Å². The molecule has 0 spiro atoms. The van der Waals surface area contributed by atoms with Gasteiger partial charge in [0, 0.05) is 6.61 Å². The molecule has 0 aliphatic rings. The van der Waals surface area contributed by atoms with Crippen molar-refractivity contribution in [2.75, 3.05) is 40.6 Å². The van der Waals surface area contributed by atoms with E-state index in [0.29, 0.717) is 13.2 Å². The first kappa shape index (κ1) is 16.4. The zero-order valence-corrected chi connectivity index (χ0v) is 11.4. The zero-order valence-electron chi connectivity index (χ0n) is 11.4. The maximum atomic E-state index is 11.5. The monoisotopic (exact) mass is 247 g/mol. The minimum Gasteiger partial charge on any atom is -0.468 e. The molecule has 0 aromatic heterocycles. The van der Waals surface area contributed by atoms with Crippen LogP contribution in [0.25, 0.3) is 0 Å². The Labute approximate surface area is 104 Å². The Kier molecular flexibility index (Phi) is 9.03. The Morgan fingerprint density at radius 1 is 1.24 bits per heavy atom. The Bertz CT molecular complexity index is 211. The normalized spacial score (nSPS) is 14.4. The van der Waals surface area contributed by atoms with Crippen molar-refractivity contribution in [3.63, 3.8) is 0 Å². The van der Waals surface area contributed by atoms with Crippen LogP contribution in [-0.4, -0.2) is 52.1 Å². The number of unbranched alkanes of at least 4 members (excludes halogenated alkanes) is 1. The highest BCUT2D eigenvalue weighted by molar-refractivity contribution is 5.80. The molecule has 17 heavy (non-hydrogen) atoms. The van der Waals surface area contributed by atoms with Gasteiger partial charge in [-0.3, -0.25) is 0 Å². The van der Waals surface area contributed by atoms with E-state index in [0.717, 1.165) is 19.4 Å². The fraction of sp³-hybridized carbons (Fsp3) is 0.917. The van der Waals surface area contributed by atoms with Gasteiger partial charge in [-0.2, -0.15) is 0 Å². The summed E-state index contributed by atoms with van der Waals surface area (Å²) in [4.78, 5) is 11.5. The number of carbonyl (C=O) groups excluding carboxylic acids is 1. The summed E-state index contributed by atoms with van der Waals surface area (Å²) < 4.78 is 15.5. The largest absolute Gasteiger partial charge is 0.468 e. The molecule has 0 bridgehead atoms. The van der Waals surface area contributed by atoms with Crippen LogP contribution in [0, 0.1) is 0 Å². The van der Waals surface area contributed by atoms with Crippen LogP contribution in [0.15, 0.2) is 0 Å². The van der Waals surface area contributed by atoms with E-state index in [9.17, 15) is 4.79 Å². The van der Waals surface area contributed by atoms with E-state index >= 15 is 0 Å². The van der Waals surface area contributed by atoms with E-state index in [1.165, 1.54) is 7.11 Å². The summed E-state index contributed by atoms with van der Waals surface area (Å²) in [5, 5.41) is 2.90. The van der Waals surface area contributed by atoms with Gasteiger partial charge in [0.1, 0.15) is 5.54 Å². The summed E-state index contributed by atoms with van der Waals surface area (Å²) in [5.41, 5.74) is -0.793. The molecule has 5 heteroatoms. The molecule has 0 fully saturated rings. The molecule has 0 radical (unpaired) electrons. The highest BCUT2D eigenvalue weighted by atomic mass is 16.5. The Hall–Kier alpha value is -0.650. The molecule has 0 aliphatic heterocycles. The van der Waals surface area contributed by atoms with Crippen molar-refractivity contribution in [3.05, 3.63) is 0 Å². The number of likely N-dealkylation sites (N-methyl/N-ethyl adjacent to an activating group) is 1. The Morgan fingerprint density at radius 2 is 1.88 bits per heavy atom. The van der Waals surface area contributed by atoms with Gasteiger partial charge in [-0.15, -0.1) is 0 Å². The maximum absolute atomic E-state index is 11.5. The lowest BCUT2D eigenvalue weighted by Crippen LogP contribution is -2.52. The van der Waals surface area contributed by atoms with Crippen LogP contribution in [0.4, 0.5) is 0 Å². The van der Waals surface area contributed by atoms with Crippen molar-refractivity contribution in [1.29, 1.82) is 0 Å². The van der Waals surface area contributed by atoms with E-state index in [1.54, 1.807) is 14.0 Å². The van der Waals surface area contributed by atoms with Gasteiger partial charge in [0.25, 0.3) is 0 Å². The van der Waals surface area contributed by atoms with Crippen LogP contribution >= 0.6 is 0 Å². The van der Waals surface area contributed by atoms with Crippen molar-refractivity contribution >= 4 is 5.97 Å². The smallest absolute Gasteiger partial charge is 0.328 e. The minimum atomic E-state index is -0.793. The summed E-state index contributed by atoms with van der Waals surface area (Å²) in [7, 11) is 3.07. The number of nitrogens with one attached hydrogen (secondary N) is 1. The van der Waals surface area contributed by atoms with Gasteiger partial charge in [-0.1, -0.05) is 13.3 Å². The number of hydrogen-bond acceptors (Lipinski definition) is 5. The van der Waals surface area contributed by atoms with Gasteiger partial charge in [-0.05, 0) is 20.4 Å². The van der Waals surface area contributed by atoms with Crippen molar-refractivity contribution in [2.45, 2.75) is 32.2 Å². The highest BCUT2D eigenvalue weighted by Crippen LogP contribution is 2.06. The summed E-state index contributed by atoms with van der Waals surface area (Å²) in [6.07, 6.45) is 2.19. The molecule has 5 nitrogen and oxygen atoms in total. The summed E-state index contributed by atoms with van der Waals surface area (Å²) in [6.45, 7) is 5.94. The van der Waals surface area contributed by atoms with Crippen LogP contribution in [0.3, 0.4) is 0 Å². The number of carbonyl (C=O) groups is 1. The second-order valence-electron chi connectivity index (χ2n) is 4.09. The van der Waals surface area contributed by atoms with Gasteiger partial charge in [-0.25, -0.2) is 4.79 Å². The van der Waals surface area contributed by atoms with E-state index < -0.39 is 5.54 Å². The van der Waals surface area contributed by atoms with Gasteiger partial charge in [0.2, 0.25) is 0 Å². The molecule has 0 rings (SSSR count). The fourth-order valence-electron chi connectivity index (χ4n) is 1.20. The summed E-state index contributed by atoms with van der Waals surface area (Å²) >= 11 is 0. The van der Waals surface area contributed by atoms with E-state index in [2.05, 4.69) is 12.2 Å². The minimum absolute atomic E-state index is 0.271. The Balaban J connectivity index is 3.67. The van der Waals surface area contributed by atoms with E-state index in [-0.39, 0.29) is 12.6 Å². The van der Waals surface area contributed by atoms with Crippen LogP contribution in [0.1, 0.15) is 26.7 Å². The van der Waals surface area contributed by atoms with Gasteiger partial charge < -0.3 is 19.5 Å². The molecule has 0 heterocycles. The SMILES string of the molecule is CCCCOCCOCC(C)(NC)C(=O)OC.